The highest BCUT2D eigenvalue weighted by molar-refractivity contribution is 6.19. The van der Waals surface area contributed by atoms with Gasteiger partial charge in [0, 0.05) is 0 Å². The average molecular weight is 280 g/mol. The van der Waals surface area contributed by atoms with E-state index in [2.05, 4.69) is 0 Å². The number of rotatable bonds is 5. The Kier molecular flexibility index (Phi) is 6.09. The van der Waals surface area contributed by atoms with E-state index < -0.39 is 11.9 Å². The van der Waals surface area contributed by atoms with Gasteiger partial charge in [0.15, 0.2) is 0 Å². The van der Waals surface area contributed by atoms with E-state index in [0.717, 1.165) is 26.0 Å². The SMILES string of the molecule is O=C(OC[SiH3])C(=Cc1ccccc1)C(=O)OC[SiH3]. The first-order valence-electron chi connectivity index (χ1n) is 5.80. The van der Waals surface area contributed by atoms with E-state index >= 15 is 0 Å². The van der Waals surface area contributed by atoms with Crippen molar-refractivity contribution < 1.29 is 19.1 Å². The predicted molar refractivity (Wildman–Crippen MR) is 76.2 cm³/mol. The zero-order valence-corrected chi connectivity index (χ0v) is 14.5. The van der Waals surface area contributed by atoms with E-state index in [0.29, 0.717) is 12.5 Å². The molecule has 0 fully saturated rings. The summed E-state index contributed by atoms with van der Waals surface area (Å²) in [5.41, 5.74) is 0.719. The van der Waals surface area contributed by atoms with Crippen molar-refractivity contribution in [3.05, 3.63) is 41.5 Å². The topological polar surface area (TPSA) is 52.6 Å². The van der Waals surface area contributed by atoms with Crippen LogP contribution in [0, 0.1) is 0 Å². The highest BCUT2D eigenvalue weighted by Gasteiger charge is 2.20. The van der Waals surface area contributed by atoms with Crippen molar-refractivity contribution in [3.8, 4) is 0 Å². The van der Waals surface area contributed by atoms with Crippen LogP contribution in [0.1, 0.15) is 5.56 Å². The minimum atomic E-state index is -0.617. The highest BCUT2D eigenvalue weighted by Crippen LogP contribution is 2.10. The van der Waals surface area contributed by atoms with Crippen molar-refractivity contribution in [2.24, 2.45) is 0 Å². The molecule has 0 saturated carbocycles. The lowest BCUT2D eigenvalue weighted by Gasteiger charge is -2.06. The Morgan fingerprint density at radius 2 is 1.50 bits per heavy atom. The summed E-state index contributed by atoms with van der Waals surface area (Å²) in [5.74, 6) is -1.23. The number of benzene rings is 1. The highest BCUT2D eigenvalue weighted by atomic mass is 28.1. The molecule has 0 spiro atoms. The van der Waals surface area contributed by atoms with Crippen molar-refractivity contribution in [1.82, 2.24) is 0 Å². The van der Waals surface area contributed by atoms with Crippen LogP contribution in [0.25, 0.3) is 6.08 Å². The molecule has 0 aliphatic carbocycles. The van der Waals surface area contributed by atoms with Gasteiger partial charge in [-0.25, -0.2) is 9.59 Å². The van der Waals surface area contributed by atoms with Crippen molar-refractivity contribution >= 4 is 38.5 Å². The first-order chi connectivity index (χ1) is 8.69. The molecule has 96 valence electrons. The van der Waals surface area contributed by atoms with E-state index in [1.54, 1.807) is 0 Å². The van der Waals surface area contributed by atoms with Gasteiger partial charge in [0.05, 0.1) is 32.9 Å². The summed E-state index contributed by atoms with van der Waals surface area (Å²) in [6, 6.07) is 9.14. The third-order valence-electron chi connectivity index (χ3n) is 2.10. The number of hydrogen-bond donors (Lipinski definition) is 0. The Labute approximate surface area is 112 Å². The van der Waals surface area contributed by atoms with Gasteiger partial charge in [0.1, 0.15) is 5.57 Å². The maximum atomic E-state index is 11.7. The molecule has 0 heterocycles. The maximum absolute atomic E-state index is 11.7. The van der Waals surface area contributed by atoms with Gasteiger partial charge in [-0.15, -0.1) is 0 Å². The number of hydrogen-bond acceptors (Lipinski definition) is 4. The van der Waals surface area contributed by atoms with Crippen LogP contribution in [0.4, 0.5) is 0 Å². The lowest BCUT2D eigenvalue weighted by molar-refractivity contribution is -0.144. The molecule has 18 heavy (non-hydrogen) atoms. The molecule has 0 N–H and O–H groups in total. The Bertz CT molecular complexity index is 423. The molecule has 4 nitrogen and oxygen atoms in total. The Morgan fingerprint density at radius 1 is 1.00 bits per heavy atom. The van der Waals surface area contributed by atoms with Crippen LogP contribution >= 0.6 is 0 Å². The zero-order valence-electron chi connectivity index (χ0n) is 10.5. The standard InChI is InChI=1S/C12H16O4Si2/c13-11(15-7-17)10(12(14)16-8-18)6-9-4-2-1-3-5-9/h1-6H,7-8H2,17-18H3. The van der Waals surface area contributed by atoms with Gasteiger partial charge < -0.3 is 9.47 Å². The molecular weight excluding hydrogens is 264 g/mol. The Morgan fingerprint density at radius 3 is 1.94 bits per heavy atom. The monoisotopic (exact) mass is 280 g/mol. The van der Waals surface area contributed by atoms with Gasteiger partial charge in [0.2, 0.25) is 0 Å². The minimum Gasteiger partial charge on any atom is -0.467 e. The second-order valence-electron chi connectivity index (χ2n) is 3.41. The van der Waals surface area contributed by atoms with E-state index in [9.17, 15) is 9.59 Å². The molecule has 6 heteroatoms. The number of carbonyl (C=O) groups is 2. The van der Waals surface area contributed by atoms with Gasteiger partial charge in [-0.3, -0.25) is 0 Å². The van der Waals surface area contributed by atoms with Gasteiger partial charge in [-0.2, -0.15) is 0 Å². The Hall–Kier alpha value is -1.67. The zero-order chi connectivity index (χ0) is 13.4. The fraction of sp³-hybridized carbons (Fsp3) is 0.167. The van der Waals surface area contributed by atoms with Crippen LogP contribution in [-0.2, 0) is 19.1 Å². The van der Waals surface area contributed by atoms with E-state index in [-0.39, 0.29) is 5.57 Å². The van der Waals surface area contributed by atoms with Gasteiger partial charge in [-0.05, 0) is 11.6 Å². The third-order valence-corrected chi connectivity index (χ3v) is 2.68. The predicted octanol–water partition coefficient (Wildman–Crippen LogP) is -1.20. The maximum Gasteiger partial charge on any atom is 0.345 e. The second-order valence-corrected chi connectivity index (χ2v) is 4.56. The van der Waals surface area contributed by atoms with Gasteiger partial charge in [0.25, 0.3) is 0 Å². The lowest BCUT2D eigenvalue weighted by Crippen LogP contribution is -2.19. The molecule has 1 aromatic rings. The molecule has 0 bridgehead atoms. The number of esters is 2. The van der Waals surface area contributed by atoms with E-state index in [1.807, 2.05) is 30.3 Å². The second kappa shape index (κ2) is 7.62. The van der Waals surface area contributed by atoms with Crippen molar-refractivity contribution in [1.29, 1.82) is 0 Å². The fourth-order valence-electron chi connectivity index (χ4n) is 1.33. The van der Waals surface area contributed by atoms with Crippen LogP contribution < -0.4 is 0 Å². The van der Waals surface area contributed by atoms with Gasteiger partial charge in [-0.1, -0.05) is 30.3 Å². The van der Waals surface area contributed by atoms with E-state index in [4.69, 9.17) is 9.47 Å². The first-order valence-corrected chi connectivity index (χ1v) is 8.62. The summed E-state index contributed by atoms with van der Waals surface area (Å²) in [5, 5.41) is 0. The molecule has 1 rings (SSSR count). The minimum absolute atomic E-state index is 0.0482. The van der Waals surface area contributed by atoms with Crippen LogP contribution in [0.3, 0.4) is 0 Å². The summed E-state index contributed by atoms with van der Waals surface area (Å²) < 4.78 is 9.82. The summed E-state index contributed by atoms with van der Waals surface area (Å²) in [4.78, 5) is 23.4. The van der Waals surface area contributed by atoms with Crippen molar-refractivity contribution in [3.63, 3.8) is 0 Å². The molecule has 0 saturated heterocycles. The fourth-order valence-corrected chi connectivity index (χ4v) is 1.86. The van der Waals surface area contributed by atoms with Crippen molar-refractivity contribution in [2.75, 3.05) is 12.5 Å². The Balaban J connectivity index is 3.00. The van der Waals surface area contributed by atoms with Crippen molar-refractivity contribution in [2.45, 2.75) is 0 Å². The first kappa shape index (κ1) is 14.4. The smallest absolute Gasteiger partial charge is 0.345 e. The summed E-state index contributed by atoms with van der Waals surface area (Å²) >= 11 is 0. The molecule has 0 radical (unpaired) electrons. The normalized spacial score (nSPS) is 9.78. The largest absolute Gasteiger partial charge is 0.467 e. The number of carbonyl (C=O) groups excluding carboxylic acids is 2. The molecule has 0 aliphatic heterocycles. The summed E-state index contributed by atoms with van der Waals surface area (Å²) in [6.45, 7) is 0. The summed E-state index contributed by atoms with van der Waals surface area (Å²) in [7, 11) is 1.48. The van der Waals surface area contributed by atoms with Crippen LogP contribution in [-0.4, -0.2) is 44.9 Å². The molecule has 0 unspecified atom stereocenters. The molecule has 0 atom stereocenters. The molecule has 0 aliphatic rings. The molecule has 1 aromatic carbocycles. The molecule has 0 amide bonds. The van der Waals surface area contributed by atoms with Gasteiger partial charge >= 0.3 is 11.9 Å². The average Bonchev–Trinajstić information content (AvgIpc) is 2.37. The van der Waals surface area contributed by atoms with Crippen LogP contribution in [0.5, 0.6) is 0 Å². The van der Waals surface area contributed by atoms with Crippen LogP contribution in [0.2, 0.25) is 0 Å². The quantitative estimate of drug-likeness (QED) is 0.224. The molecular formula is C12H16O4Si2. The number of ether oxygens (including phenoxy) is 2. The van der Waals surface area contributed by atoms with E-state index in [1.165, 1.54) is 6.08 Å². The summed E-state index contributed by atoms with van der Waals surface area (Å²) in [6.07, 6.45) is 2.22. The lowest BCUT2D eigenvalue weighted by atomic mass is 10.1. The third kappa shape index (κ3) is 4.30. The molecule has 0 aromatic heterocycles. The van der Waals surface area contributed by atoms with Crippen LogP contribution in [0.15, 0.2) is 35.9 Å².